The zero-order chi connectivity index (χ0) is 22.1. The fourth-order valence-corrected chi connectivity index (χ4v) is 5.50. The highest BCUT2D eigenvalue weighted by atomic mass is 32.2. The van der Waals surface area contributed by atoms with Crippen LogP contribution in [0.3, 0.4) is 0 Å². The minimum atomic E-state index is -1.06. The first-order valence-electron chi connectivity index (χ1n) is 8.90. The molecule has 12 heteroatoms. The Bertz CT molecular complexity index is 1230. The second-order valence-corrected chi connectivity index (χ2v) is 8.86. The maximum Gasteiger partial charge on any atom is 0.341 e. The molecule has 1 aromatic heterocycles. The van der Waals surface area contributed by atoms with Crippen LogP contribution >= 0.6 is 23.1 Å². The molecule has 10 nitrogen and oxygen atoms in total. The molecular weight excluding hydrogens is 446 g/mol. The molecule has 0 saturated heterocycles. The third-order valence-electron chi connectivity index (χ3n) is 4.57. The van der Waals surface area contributed by atoms with Gasteiger partial charge in [0.05, 0.1) is 26.5 Å². The Balaban J connectivity index is 1.66. The van der Waals surface area contributed by atoms with Crippen molar-refractivity contribution in [1.29, 1.82) is 0 Å². The Labute approximate surface area is 182 Å². The van der Waals surface area contributed by atoms with Crippen LogP contribution in [0.5, 0.6) is 5.75 Å². The van der Waals surface area contributed by atoms with Crippen molar-refractivity contribution in [2.45, 2.75) is 22.1 Å². The lowest BCUT2D eigenvalue weighted by Gasteiger charge is -2.18. The van der Waals surface area contributed by atoms with Crippen molar-refractivity contribution in [3.05, 3.63) is 67.1 Å². The van der Waals surface area contributed by atoms with E-state index in [1.807, 2.05) is 6.07 Å². The quantitative estimate of drug-likeness (QED) is 0.402. The number of hydrogen-bond donors (Lipinski definition) is 1. The molecule has 0 saturated carbocycles. The minimum absolute atomic E-state index is 0.264. The van der Waals surface area contributed by atoms with E-state index < -0.39 is 22.4 Å². The molecule has 0 unspecified atom stereocenters. The first-order valence-corrected chi connectivity index (χ1v) is 10.5. The van der Waals surface area contributed by atoms with Gasteiger partial charge in [0.2, 0.25) is 0 Å². The Morgan fingerprint density at radius 1 is 1.19 bits per heavy atom. The lowest BCUT2D eigenvalue weighted by atomic mass is 9.93. The number of rotatable bonds is 7. The topological polar surface area (TPSA) is 146 Å². The molecule has 1 aliphatic carbocycles. The van der Waals surface area contributed by atoms with Crippen LogP contribution in [0.4, 0.5) is 11.4 Å². The molecule has 31 heavy (non-hydrogen) atoms. The molecule has 0 atom stereocenters. The van der Waals surface area contributed by atoms with E-state index in [4.69, 9.17) is 9.84 Å². The first kappa shape index (κ1) is 20.8. The second-order valence-electron chi connectivity index (χ2n) is 6.48. The standard InChI is InChI=1S/C19H13N3O7S2/c23-17(24)9-29-14-3-1-2-12-11(14)5-7-16-18(12)20-19(31-16)30-15-6-4-10(21(25)26)8-13(15)22(27)28/h1-4,6,8H,5,7,9H2,(H,23,24). The third kappa shape index (κ3) is 4.20. The summed E-state index contributed by atoms with van der Waals surface area (Å²) in [5.74, 6) is -0.565. The molecule has 0 radical (unpaired) electrons. The number of aryl methyl sites for hydroxylation is 1. The van der Waals surface area contributed by atoms with Gasteiger partial charge in [-0.3, -0.25) is 20.2 Å². The van der Waals surface area contributed by atoms with Gasteiger partial charge in [-0.1, -0.05) is 23.9 Å². The van der Waals surface area contributed by atoms with Crippen LogP contribution in [-0.2, 0) is 17.6 Å². The number of benzene rings is 2. The van der Waals surface area contributed by atoms with E-state index in [1.165, 1.54) is 23.5 Å². The molecule has 3 aromatic rings. The second kappa shape index (κ2) is 8.32. The van der Waals surface area contributed by atoms with Crippen LogP contribution in [0.15, 0.2) is 45.6 Å². The molecule has 0 spiro atoms. The lowest BCUT2D eigenvalue weighted by molar-refractivity contribution is -0.396. The van der Waals surface area contributed by atoms with Crippen molar-refractivity contribution in [1.82, 2.24) is 4.98 Å². The molecule has 0 aliphatic heterocycles. The summed E-state index contributed by atoms with van der Waals surface area (Å²) in [6.07, 6.45) is 1.33. The fourth-order valence-electron chi connectivity index (χ4n) is 3.25. The Morgan fingerprint density at radius 2 is 2.00 bits per heavy atom. The largest absolute Gasteiger partial charge is 0.482 e. The monoisotopic (exact) mass is 459 g/mol. The van der Waals surface area contributed by atoms with Gasteiger partial charge in [0.15, 0.2) is 10.9 Å². The SMILES string of the molecule is O=C(O)COc1cccc2c1CCc1sc(Sc3ccc([N+](=O)[O-])cc3[N+](=O)[O-])nc1-2. The summed E-state index contributed by atoms with van der Waals surface area (Å²) in [5, 5.41) is 31.2. The van der Waals surface area contributed by atoms with Crippen LogP contribution in [0.1, 0.15) is 10.4 Å². The fraction of sp³-hybridized carbons (Fsp3) is 0.158. The van der Waals surface area contributed by atoms with Gasteiger partial charge in [0, 0.05) is 22.1 Å². The normalized spacial score (nSPS) is 12.0. The molecule has 2 aromatic carbocycles. The summed E-state index contributed by atoms with van der Waals surface area (Å²) >= 11 is 2.49. The molecule has 1 aliphatic rings. The van der Waals surface area contributed by atoms with E-state index in [-0.39, 0.29) is 16.3 Å². The zero-order valence-electron chi connectivity index (χ0n) is 15.6. The van der Waals surface area contributed by atoms with Crippen molar-refractivity contribution >= 4 is 40.4 Å². The summed E-state index contributed by atoms with van der Waals surface area (Å²) in [7, 11) is 0. The number of carbonyl (C=O) groups is 1. The number of nitrogens with zero attached hydrogens (tertiary/aromatic N) is 3. The molecule has 0 fully saturated rings. The van der Waals surface area contributed by atoms with Crippen LogP contribution in [-0.4, -0.2) is 32.5 Å². The van der Waals surface area contributed by atoms with Crippen molar-refractivity contribution in [2.24, 2.45) is 0 Å². The number of aliphatic carboxylic acids is 1. The van der Waals surface area contributed by atoms with Gasteiger partial charge < -0.3 is 9.84 Å². The number of hydrogen-bond acceptors (Lipinski definition) is 9. The number of carboxylic acid groups (broad SMARTS) is 1. The van der Waals surface area contributed by atoms with Gasteiger partial charge in [0.25, 0.3) is 11.4 Å². The number of ether oxygens (including phenoxy) is 1. The van der Waals surface area contributed by atoms with Crippen LogP contribution in [0.25, 0.3) is 11.3 Å². The van der Waals surface area contributed by atoms with E-state index in [0.29, 0.717) is 22.9 Å². The molecule has 158 valence electrons. The van der Waals surface area contributed by atoms with Gasteiger partial charge in [-0.2, -0.15) is 0 Å². The highest BCUT2D eigenvalue weighted by Gasteiger charge is 2.26. The number of carboxylic acids is 1. The molecule has 1 heterocycles. The highest BCUT2D eigenvalue weighted by molar-refractivity contribution is 8.01. The predicted molar refractivity (Wildman–Crippen MR) is 112 cm³/mol. The lowest BCUT2D eigenvalue weighted by Crippen LogP contribution is -2.12. The van der Waals surface area contributed by atoms with Crippen LogP contribution < -0.4 is 4.74 Å². The van der Waals surface area contributed by atoms with Crippen LogP contribution in [0, 0.1) is 20.2 Å². The van der Waals surface area contributed by atoms with E-state index in [0.717, 1.165) is 39.5 Å². The van der Waals surface area contributed by atoms with Gasteiger partial charge in [-0.05, 0) is 25.0 Å². The maximum atomic E-state index is 11.4. The van der Waals surface area contributed by atoms with Crippen molar-refractivity contribution < 1.29 is 24.5 Å². The van der Waals surface area contributed by atoms with E-state index in [2.05, 4.69) is 4.98 Å². The highest BCUT2D eigenvalue weighted by Crippen LogP contribution is 2.45. The van der Waals surface area contributed by atoms with Crippen molar-refractivity contribution in [3.63, 3.8) is 0 Å². The number of thiazole rings is 1. The average Bonchev–Trinajstić information content (AvgIpc) is 3.15. The van der Waals surface area contributed by atoms with Gasteiger partial charge in [-0.15, -0.1) is 11.3 Å². The van der Waals surface area contributed by atoms with Gasteiger partial charge >= 0.3 is 5.97 Å². The smallest absolute Gasteiger partial charge is 0.341 e. The summed E-state index contributed by atoms with van der Waals surface area (Å²) < 4.78 is 5.97. The van der Waals surface area contributed by atoms with E-state index in [1.54, 1.807) is 12.1 Å². The van der Waals surface area contributed by atoms with E-state index >= 15 is 0 Å². The van der Waals surface area contributed by atoms with Gasteiger partial charge in [0.1, 0.15) is 5.75 Å². The Kier molecular flexibility index (Phi) is 5.57. The summed E-state index contributed by atoms with van der Waals surface area (Å²) in [5.41, 5.74) is 1.75. The Morgan fingerprint density at radius 3 is 2.71 bits per heavy atom. The first-order chi connectivity index (χ1) is 14.8. The number of nitro groups is 2. The zero-order valence-corrected chi connectivity index (χ0v) is 17.3. The summed E-state index contributed by atoms with van der Waals surface area (Å²) in [6.45, 7) is -0.439. The average molecular weight is 459 g/mol. The molecule has 0 bridgehead atoms. The number of nitro benzene ring substituents is 2. The Hall–Kier alpha value is -3.51. The van der Waals surface area contributed by atoms with Crippen molar-refractivity contribution in [3.8, 4) is 17.0 Å². The summed E-state index contributed by atoms with van der Waals surface area (Å²) in [4.78, 5) is 37.7. The number of fused-ring (bicyclic) bond motifs is 3. The number of aromatic nitrogens is 1. The molecule has 0 amide bonds. The third-order valence-corrected chi connectivity index (χ3v) is 6.81. The van der Waals surface area contributed by atoms with E-state index in [9.17, 15) is 25.0 Å². The van der Waals surface area contributed by atoms with Crippen molar-refractivity contribution in [2.75, 3.05) is 6.61 Å². The minimum Gasteiger partial charge on any atom is -0.482 e. The molecule has 4 rings (SSSR count). The molecule has 1 N–H and O–H groups in total. The van der Waals surface area contributed by atoms with Crippen LogP contribution in [0.2, 0.25) is 0 Å². The molecular formula is C19H13N3O7S2. The van der Waals surface area contributed by atoms with Gasteiger partial charge in [-0.25, -0.2) is 9.78 Å². The maximum absolute atomic E-state index is 11.4. The summed E-state index contributed by atoms with van der Waals surface area (Å²) in [6, 6.07) is 8.88. The number of non-ortho nitro benzene ring substituents is 1. The predicted octanol–water partition coefficient (Wildman–Crippen LogP) is 4.34.